The number of carboxylic acid groups (broad SMARTS) is 1. The van der Waals surface area contributed by atoms with E-state index >= 15 is 0 Å². The predicted octanol–water partition coefficient (Wildman–Crippen LogP) is 3.61. The van der Waals surface area contributed by atoms with Crippen LogP contribution in [-0.2, 0) is 9.59 Å². The standard InChI is InChI=1S/C18H12BrIN2O5/c19-12-6-10(7-13(20)16(12)27-9-15(23)24)8-14-17(25)22(18(26)21-14)11-4-2-1-3-5-11/h1-8H,9H2,(H,21,26)(H,23,24)/b14-8+. The SMILES string of the molecule is O=C(O)COc1c(Br)cc(/C=C2/NC(=O)N(c3ccccc3)C2=O)cc1I. The number of aliphatic carboxylic acids is 1. The molecule has 1 fully saturated rings. The Morgan fingerprint density at radius 2 is 1.96 bits per heavy atom. The Hall–Kier alpha value is -2.40. The van der Waals surface area contributed by atoms with Crippen molar-refractivity contribution in [3.63, 3.8) is 0 Å². The molecule has 0 atom stereocenters. The number of carbonyl (C=O) groups excluding carboxylic acids is 2. The van der Waals surface area contributed by atoms with Crippen molar-refractivity contribution in [1.82, 2.24) is 5.32 Å². The molecule has 0 saturated carbocycles. The molecule has 7 nitrogen and oxygen atoms in total. The van der Waals surface area contributed by atoms with Gasteiger partial charge in [0.2, 0.25) is 0 Å². The van der Waals surface area contributed by atoms with E-state index in [2.05, 4.69) is 21.2 Å². The Morgan fingerprint density at radius 3 is 2.59 bits per heavy atom. The van der Waals surface area contributed by atoms with E-state index in [-0.39, 0.29) is 5.70 Å². The number of hydrogen-bond donors (Lipinski definition) is 2. The summed E-state index contributed by atoms with van der Waals surface area (Å²) < 4.78 is 6.45. The number of hydrogen-bond acceptors (Lipinski definition) is 4. The second kappa shape index (κ2) is 8.09. The molecule has 0 bridgehead atoms. The summed E-state index contributed by atoms with van der Waals surface area (Å²) in [6, 6.07) is 11.5. The Labute approximate surface area is 176 Å². The van der Waals surface area contributed by atoms with E-state index in [0.29, 0.717) is 25.0 Å². The lowest BCUT2D eigenvalue weighted by atomic mass is 10.2. The highest BCUT2D eigenvalue weighted by Gasteiger charge is 2.34. The third-order valence-corrected chi connectivity index (χ3v) is 4.95. The Kier molecular flexibility index (Phi) is 5.80. The molecule has 2 aromatic rings. The zero-order valence-corrected chi connectivity index (χ0v) is 17.4. The summed E-state index contributed by atoms with van der Waals surface area (Å²) in [5.74, 6) is -1.14. The highest BCUT2D eigenvalue weighted by molar-refractivity contribution is 14.1. The average Bonchev–Trinajstić information content (AvgIpc) is 2.88. The van der Waals surface area contributed by atoms with Crippen LogP contribution >= 0.6 is 38.5 Å². The first-order valence-electron chi connectivity index (χ1n) is 7.62. The smallest absolute Gasteiger partial charge is 0.341 e. The number of carbonyl (C=O) groups is 3. The lowest BCUT2D eigenvalue weighted by Crippen LogP contribution is -2.30. The quantitative estimate of drug-likeness (QED) is 0.342. The van der Waals surface area contributed by atoms with Gasteiger partial charge in [-0.3, -0.25) is 4.79 Å². The van der Waals surface area contributed by atoms with Crippen LogP contribution in [0.1, 0.15) is 5.56 Å². The Morgan fingerprint density at radius 1 is 1.26 bits per heavy atom. The Bertz CT molecular complexity index is 938. The first-order chi connectivity index (χ1) is 12.9. The van der Waals surface area contributed by atoms with Gasteiger partial charge in [-0.1, -0.05) is 18.2 Å². The molecule has 1 heterocycles. The van der Waals surface area contributed by atoms with E-state index in [1.165, 1.54) is 0 Å². The first kappa shape index (κ1) is 19.4. The lowest BCUT2D eigenvalue weighted by molar-refractivity contribution is -0.139. The highest BCUT2D eigenvalue weighted by Crippen LogP contribution is 2.33. The van der Waals surface area contributed by atoms with Gasteiger partial charge in [-0.2, -0.15) is 0 Å². The summed E-state index contributed by atoms with van der Waals surface area (Å²) >= 11 is 5.35. The van der Waals surface area contributed by atoms with Crippen molar-refractivity contribution in [3.8, 4) is 5.75 Å². The highest BCUT2D eigenvalue weighted by atomic mass is 127. The van der Waals surface area contributed by atoms with Crippen molar-refractivity contribution >= 4 is 68.2 Å². The average molecular weight is 543 g/mol. The van der Waals surface area contributed by atoms with Gasteiger partial charge in [0, 0.05) is 0 Å². The molecule has 0 radical (unpaired) electrons. The topological polar surface area (TPSA) is 95.9 Å². The molecule has 0 spiro atoms. The molecule has 3 rings (SSSR count). The molecule has 0 unspecified atom stereocenters. The van der Waals surface area contributed by atoms with Crippen LogP contribution in [0, 0.1) is 3.57 Å². The third-order valence-electron chi connectivity index (χ3n) is 3.56. The number of ether oxygens (including phenoxy) is 1. The minimum atomic E-state index is -1.08. The van der Waals surface area contributed by atoms with Crippen LogP contribution in [0.15, 0.2) is 52.6 Å². The molecular weight excluding hydrogens is 531 g/mol. The molecular formula is C18H12BrIN2O5. The van der Waals surface area contributed by atoms with E-state index in [9.17, 15) is 14.4 Å². The third kappa shape index (κ3) is 4.30. The summed E-state index contributed by atoms with van der Waals surface area (Å²) in [7, 11) is 0. The summed E-state index contributed by atoms with van der Waals surface area (Å²) in [4.78, 5) is 36.5. The number of benzene rings is 2. The zero-order chi connectivity index (χ0) is 19.6. The maximum Gasteiger partial charge on any atom is 0.341 e. The first-order valence-corrected chi connectivity index (χ1v) is 9.50. The van der Waals surface area contributed by atoms with E-state index in [1.807, 2.05) is 22.6 Å². The minimum absolute atomic E-state index is 0.144. The van der Waals surface area contributed by atoms with Crippen molar-refractivity contribution in [2.24, 2.45) is 0 Å². The molecule has 3 amide bonds. The Balaban J connectivity index is 1.88. The maximum absolute atomic E-state index is 12.6. The molecule has 2 N–H and O–H groups in total. The number of para-hydroxylation sites is 1. The van der Waals surface area contributed by atoms with E-state index < -0.39 is 24.5 Å². The molecule has 0 aliphatic carbocycles. The number of halogens is 2. The summed E-state index contributed by atoms with van der Waals surface area (Å²) in [6.07, 6.45) is 1.55. The molecule has 9 heteroatoms. The monoisotopic (exact) mass is 542 g/mol. The predicted molar refractivity (Wildman–Crippen MR) is 110 cm³/mol. The summed E-state index contributed by atoms with van der Waals surface area (Å²) in [5.41, 5.74) is 1.27. The number of rotatable bonds is 5. The fraction of sp³-hybridized carbons (Fsp3) is 0.0556. The largest absolute Gasteiger partial charge is 0.480 e. The van der Waals surface area contributed by atoms with Crippen molar-refractivity contribution in [2.75, 3.05) is 11.5 Å². The van der Waals surface area contributed by atoms with Gasteiger partial charge in [0.25, 0.3) is 5.91 Å². The van der Waals surface area contributed by atoms with Crippen LogP contribution in [0.3, 0.4) is 0 Å². The molecule has 2 aromatic carbocycles. The fourth-order valence-corrected chi connectivity index (χ4v) is 4.22. The van der Waals surface area contributed by atoms with E-state index in [0.717, 1.165) is 4.90 Å². The number of carboxylic acids is 1. The summed E-state index contributed by atoms with van der Waals surface area (Å²) in [6.45, 7) is -0.463. The van der Waals surface area contributed by atoms with Crippen LogP contribution in [-0.4, -0.2) is 29.6 Å². The molecule has 1 saturated heterocycles. The fourth-order valence-electron chi connectivity index (χ4n) is 2.45. The second-order valence-electron chi connectivity index (χ2n) is 5.46. The van der Waals surface area contributed by atoms with Crippen molar-refractivity contribution in [2.45, 2.75) is 0 Å². The number of imide groups is 1. The van der Waals surface area contributed by atoms with Gasteiger partial charge in [-0.05, 0) is 74.4 Å². The van der Waals surface area contributed by atoms with Gasteiger partial charge in [-0.25, -0.2) is 14.5 Å². The maximum atomic E-state index is 12.6. The molecule has 0 aromatic heterocycles. The molecule has 138 valence electrons. The van der Waals surface area contributed by atoms with Gasteiger partial charge in [0.05, 0.1) is 13.7 Å². The number of nitrogens with zero attached hydrogens (tertiary/aromatic N) is 1. The molecule has 1 aliphatic heterocycles. The number of anilines is 1. The van der Waals surface area contributed by atoms with Gasteiger partial charge < -0.3 is 15.2 Å². The normalized spacial score (nSPS) is 15.2. The van der Waals surface area contributed by atoms with Gasteiger partial charge >= 0.3 is 12.0 Å². The number of nitrogens with one attached hydrogen (secondary N) is 1. The minimum Gasteiger partial charge on any atom is -0.480 e. The second-order valence-corrected chi connectivity index (χ2v) is 7.48. The number of amides is 3. The van der Waals surface area contributed by atoms with Gasteiger partial charge in [0.15, 0.2) is 6.61 Å². The van der Waals surface area contributed by atoms with Crippen molar-refractivity contribution in [3.05, 3.63) is 61.8 Å². The molecule has 1 aliphatic rings. The summed E-state index contributed by atoms with van der Waals surface area (Å²) in [5, 5.41) is 11.3. The van der Waals surface area contributed by atoms with Crippen molar-refractivity contribution in [1.29, 1.82) is 0 Å². The van der Waals surface area contributed by atoms with Crippen LogP contribution < -0.4 is 15.0 Å². The van der Waals surface area contributed by atoms with Crippen LogP contribution in [0.5, 0.6) is 5.75 Å². The van der Waals surface area contributed by atoms with Crippen LogP contribution in [0.2, 0.25) is 0 Å². The zero-order valence-electron chi connectivity index (χ0n) is 13.6. The van der Waals surface area contributed by atoms with E-state index in [4.69, 9.17) is 9.84 Å². The van der Waals surface area contributed by atoms with E-state index in [1.54, 1.807) is 48.5 Å². The van der Waals surface area contributed by atoms with Crippen LogP contribution in [0.25, 0.3) is 6.08 Å². The van der Waals surface area contributed by atoms with Crippen molar-refractivity contribution < 1.29 is 24.2 Å². The lowest BCUT2D eigenvalue weighted by Gasteiger charge is -2.11. The number of urea groups is 1. The van der Waals surface area contributed by atoms with Crippen LogP contribution in [0.4, 0.5) is 10.5 Å². The molecule has 27 heavy (non-hydrogen) atoms. The van der Waals surface area contributed by atoms with Gasteiger partial charge in [0.1, 0.15) is 11.4 Å². The van der Waals surface area contributed by atoms with Gasteiger partial charge in [-0.15, -0.1) is 0 Å².